The first-order chi connectivity index (χ1) is 12.7. The first-order valence-corrected chi connectivity index (χ1v) is 8.82. The van der Waals surface area contributed by atoms with E-state index < -0.39 is 11.0 Å². The summed E-state index contributed by atoms with van der Waals surface area (Å²) in [5.41, 5.74) is 1.04. The van der Waals surface area contributed by atoms with Crippen LogP contribution in [0.25, 0.3) is 0 Å². The summed E-state index contributed by atoms with van der Waals surface area (Å²) in [5, 5.41) is 17.7. The topological polar surface area (TPSA) is 93.5 Å². The molecule has 9 heteroatoms. The summed E-state index contributed by atoms with van der Waals surface area (Å²) in [6, 6.07) is 8.39. The highest BCUT2D eigenvalue weighted by atomic mass is 35.5. The Bertz CT molecular complexity index is 860. The third kappa shape index (κ3) is 5.32. The van der Waals surface area contributed by atoms with Crippen molar-refractivity contribution in [2.45, 2.75) is 25.9 Å². The maximum absolute atomic E-state index is 12.5. The number of hydrogen-bond donors (Lipinski definition) is 2. The van der Waals surface area contributed by atoms with Crippen LogP contribution in [0, 0.1) is 10.1 Å². The molecule has 0 aromatic heterocycles. The van der Waals surface area contributed by atoms with Crippen LogP contribution in [-0.2, 0) is 4.79 Å². The second kappa shape index (κ2) is 9.03. The normalized spacial score (nSPS) is 12.9. The number of halogens is 2. The summed E-state index contributed by atoms with van der Waals surface area (Å²) < 4.78 is 5.12. The van der Waals surface area contributed by atoms with Crippen molar-refractivity contribution in [3.05, 3.63) is 62.1 Å². The average Bonchev–Trinajstić information content (AvgIpc) is 2.61. The number of nitro benzene ring substituents is 1. The molecule has 0 aliphatic carbocycles. The number of amides is 1. The summed E-state index contributed by atoms with van der Waals surface area (Å²) in [5.74, 6) is -0.113. The summed E-state index contributed by atoms with van der Waals surface area (Å²) in [6.07, 6.45) is 0. The molecule has 1 amide bonds. The lowest BCUT2D eigenvalue weighted by Gasteiger charge is -2.21. The van der Waals surface area contributed by atoms with E-state index in [4.69, 9.17) is 27.9 Å². The SMILES string of the molecule is COc1cc([N+](=O)[O-])ccc1NC(=O)[C@H](C)N[C@@H](C)c1ccc(Cl)cc1Cl. The van der Waals surface area contributed by atoms with Crippen molar-refractivity contribution >= 4 is 40.5 Å². The van der Waals surface area contributed by atoms with Crippen molar-refractivity contribution < 1.29 is 14.5 Å². The van der Waals surface area contributed by atoms with Gasteiger partial charge in [-0.3, -0.25) is 20.2 Å². The van der Waals surface area contributed by atoms with Crippen molar-refractivity contribution in [2.75, 3.05) is 12.4 Å². The number of carbonyl (C=O) groups is 1. The van der Waals surface area contributed by atoms with E-state index in [9.17, 15) is 14.9 Å². The molecule has 2 rings (SSSR count). The Hall–Kier alpha value is -2.35. The maximum Gasteiger partial charge on any atom is 0.273 e. The zero-order valence-corrected chi connectivity index (χ0v) is 16.5. The molecule has 2 N–H and O–H groups in total. The van der Waals surface area contributed by atoms with E-state index in [0.717, 1.165) is 5.56 Å². The molecule has 0 aliphatic rings. The molecule has 2 aromatic rings. The molecular formula is C18H19Cl2N3O4. The first kappa shape index (κ1) is 21.0. The van der Waals surface area contributed by atoms with E-state index >= 15 is 0 Å². The van der Waals surface area contributed by atoms with Gasteiger partial charge in [0, 0.05) is 22.2 Å². The molecule has 0 unspecified atom stereocenters. The fourth-order valence-electron chi connectivity index (χ4n) is 2.53. The lowest BCUT2D eigenvalue weighted by atomic mass is 10.1. The predicted molar refractivity (Wildman–Crippen MR) is 106 cm³/mol. The van der Waals surface area contributed by atoms with Gasteiger partial charge in [-0.1, -0.05) is 29.3 Å². The quantitative estimate of drug-likeness (QED) is 0.513. The van der Waals surface area contributed by atoms with Gasteiger partial charge in [0.15, 0.2) is 0 Å². The number of methoxy groups -OCH3 is 1. The molecule has 0 aliphatic heterocycles. The molecule has 144 valence electrons. The van der Waals surface area contributed by atoms with E-state index in [2.05, 4.69) is 10.6 Å². The monoisotopic (exact) mass is 411 g/mol. The lowest BCUT2D eigenvalue weighted by molar-refractivity contribution is -0.384. The minimum atomic E-state index is -0.563. The zero-order valence-electron chi connectivity index (χ0n) is 15.0. The van der Waals surface area contributed by atoms with Crippen LogP contribution in [0.15, 0.2) is 36.4 Å². The number of benzene rings is 2. The van der Waals surface area contributed by atoms with Crippen molar-refractivity contribution in [2.24, 2.45) is 0 Å². The van der Waals surface area contributed by atoms with Gasteiger partial charge in [-0.2, -0.15) is 0 Å². The molecule has 27 heavy (non-hydrogen) atoms. The summed E-state index contributed by atoms with van der Waals surface area (Å²) in [6.45, 7) is 3.58. The zero-order chi connectivity index (χ0) is 20.1. The van der Waals surface area contributed by atoms with Crippen LogP contribution in [0.3, 0.4) is 0 Å². The number of anilines is 1. The van der Waals surface area contributed by atoms with E-state index in [1.807, 2.05) is 6.92 Å². The number of ether oxygens (including phenoxy) is 1. The second-order valence-electron chi connectivity index (χ2n) is 5.91. The van der Waals surface area contributed by atoms with Crippen molar-refractivity contribution in [3.63, 3.8) is 0 Å². The Kier molecular flexibility index (Phi) is 7.01. The van der Waals surface area contributed by atoms with Crippen molar-refractivity contribution in [1.82, 2.24) is 5.32 Å². The Labute approximate surface area is 166 Å². The Morgan fingerprint density at radius 3 is 2.48 bits per heavy atom. The lowest BCUT2D eigenvalue weighted by Crippen LogP contribution is -2.39. The van der Waals surface area contributed by atoms with E-state index in [-0.39, 0.29) is 23.4 Å². The number of rotatable bonds is 7. The fraction of sp³-hybridized carbons (Fsp3) is 0.278. The molecule has 0 saturated carbocycles. The van der Waals surface area contributed by atoms with Gasteiger partial charge in [-0.25, -0.2) is 0 Å². The number of hydrogen-bond acceptors (Lipinski definition) is 5. The van der Waals surface area contributed by atoms with Crippen LogP contribution in [0.4, 0.5) is 11.4 Å². The third-order valence-electron chi connectivity index (χ3n) is 3.98. The Morgan fingerprint density at radius 1 is 1.19 bits per heavy atom. The minimum Gasteiger partial charge on any atom is -0.494 e. The molecule has 7 nitrogen and oxygen atoms in total. The van der Waals surface area contributed by atoms with Crippen LogP contribution in [-0.4, -0.2) is 24.0 Å². The highest BCUT2D eigenvalue weighted by molar-refractivity contribution is 6.35. The van der Waals surface area contributed by atoms with E-state index in [0.29, 0.717) is 15.7 Å². The van der Waals surface area contributed by atoms with Crippen molar-refractivity contribution in [1.29, 1.82) is 0 Å². The van der Waals surface area contributed by atoms with Crippen LogP contribution >= 0.6 is 23.2 Å². The van der Waals surface area contributed by atoms with Crippen LogP contribution < -0.4 is 15.4 Å². The number of non-ortho nitro benzene ring substituents is 1. The first-order valence-electron chi connectivity index (χ1n) is 8.07. The molecule has 0 spiro atoms. The van der Waals surface area contributed by atoms with Crippen molar-refractivity contribution in [3.8, 4) is 5.75 Å². The largest absolute Gasteiger partial charge is 0.494 e. The molecular weight excluding hydrogens is 393 g/mol. The summed E-state index contributed by atoms with van der Waals surface area (Å²) in [4.78, 5) is 22.8. The van der Waals surface area contributed by atoms with Gasteiger partial charge in [0.25, 0.3) is 5.69 Å². The summed E-state index contributed by atoms with van der Waals surface area (Å²) in [7, 11) is 1.38. The van der Waals surface area contributed by atoms with Gasteiger partial charge < -0.3 is 10.1 Å². The van der Waals surface area contributed by atoms with Gasteiger partial charge in [0.1, 0.15) is 5.75 Å². The van der Waals surface area contributed by atoms with Gasteiger partial charge in [0.05, 0.1) is 29.8 Å². The van der Waals surface area contributed by atoms with Crippen LogP contribution in [0.5, 0.6) is 5.75 Å². The molecule has 0 bridgehead atoms. The second-order valence-corrected chi connectivity index (χ2v) is 6.75. The summed E-state index contributed by atoms with van der Waals surface area (Å²) >= 11 is 12.1. The van der Waals surface area contributed by atoms with Gasteiger partial charge in [-0.15, -0.1) is 0 Å². The van der Waals surface area contributed by atoms with E-state index in [1.165, 1.54) is 25.3 Å². The van der Waals surface area contributed by atoms with Gasteiger partial charge in [-0.05, 0) is 37.6 Å². The molecule has 0 heterocycles. The molecule has 2 aromatic carbocycles. The highest BCUT2D eigenvalue weighted by Gasteiger charge is 2.20. The highest BCUT2D eigenvalue weighted by Crippen LogP contribution is 2.29. The third-order valence-corrected chi connectivity index (χ3v) is 4.54. The molecule has 2 atom stereocenters. The standard InChI is InChI=1S/C18H19Cl2N3O4/c1-10(14-6-4-12(19)8-15(14)20)21-11(2)18(24)22-16-7-5-13(23(25)26)9-17(16)27-3/h4-11,21H,1-3H3,(H,22,24)/t10-,11-/m0/s1. The number of nitrogens with one attached hydrogen (secondary N) is 2. The molecule has 0 radical (unpaired) electrons. The average molecular weight is 412 g/mol. The van der Waals surface area contributed by atoms with Gasteiger partial charge >= 0.3 is 0 Å². The number of nitro groups is 1. The Balaban J connectivity index is 2.08. The fourth-order valence-corrected chi connectivity index (χ4v) is 3.10. The molecule has 0 saturated heterocycles. The predicted octanol–water partition coefficient (Wildman–Crippen LogP) is 4.59. The van der Waals surface area contributed by atoms with E-state index in [1.54, 1.807) is 25.1 Å². The minimum absolute atomic E-state index is 0.123. The number of carbonyl (C=O) groups excluding carboxylic acids is 1. The molecule has 0 fully saturated rings. The smallest absolute Gasteiger partial charge is 0.273 e. The van der Waals surface area contributed by atoms with Crippen LogP contribution in [0.1, 0.15) is 25.5 Å². The maximum atomic E-state index is 12.5. The van der Waals surface area contributed by atoms with Crippen LogP contribution in [0.2, 0.25) is 10.0 Å². The number of nitrogens with zero attached hydrogens (tertiary/aromatic N) is 1. The Morgan fingerprint density at radius 2 is 1.89 bits per heavy atom. The van der Waals surface area contributed by atoms with Gasteiger partial charge in [0.2, 0.25) is 5.91 Å².